The number of carbonyl (C=O) groups excluding carboxylic acids is 2. The molecule has 0 saturated carbocycles. The summed E-state index contributed by atoms with van der Waals surface area (Å²) >= 11 is 1.70. The third kappa shape index (κ3) is 5.67. The number of allylic oxidation sites excluding steroid dienone is 1. The molecule has 5 heteroatoms. The van der Waals surface area contributed by atoms with Crippen molar-refractivity contribution >= 4 is 23.6 Å². The largest absolute Gasteiger partial charge is 0.354 e. The maximum Gasteiger partial charge on any atom is 0.248 e. The lowest BCUT2D eigenvalue weighted by Gasteiger charge is -2.27. The molecule has 4 nitrogen and oxygen atoms in total. The maximum absolute atomic E-state index is 12.4. The van der Waals surface area contributed by atoms with Crippen LogP contribution in [0, 0.1) is 0 Å². The quantitative estimate of drug-likeness (QED) is 0.550. The molecule has 0 aromatic rings. The van der Waals surface area contributed by atoms with Gasteiger partial charge in [0.2, 0.25) is 11.8 Å². The lowest BCUT2D eigenvalue weighted by molar-refractivity contribution is -0.136. The highest BCUT2D eigenvalue weighted by molar-refractivity contribution is 8.00. The van der Waals surface area contributed by atoms with Gasteiger partial charge in [-0.2, -0.15) is 0 Å². The Morgan fingerprint density at radius 2 is 1.95 bits per heavy atom. The Bertz CT molecular complexity index is 405. The van der Waals surface area contributed by atoms with Gasteiger partial charge in [-0.3, -0.25) is 9.59 Å². The Labute approximate surface area is 139 Å². The molecule has 22 heavy (non-hydrogen) atoms. The van der Waals surface area contributed by atoms with Crippen molar-refractivity contribution in [1.82, 2.24) is 10.2 Å². The fourth-order valence-corrected chi connectivity index (χ4v) is 3.94. The molecular weight excluding hydrogens is 296 g/mol. The Kier molecular flexibility index (Phi) is 8.61. The molecular formula is C17H30N2O2S. The summed E-state index contributed by atoms with van der Waals surface area (Å²) in [6.45, 7) is 8.76. The third-order valence-corrected chi connectivity index (χ3v) is 5.19. The average Bonchev–Trinajstić information content (AvgIpc) is 2.90. The first-order chi connectivity index (χ1) is 10.5. The molecule has 1 heterocycles. The number of hydrogen-bond donors (Lipinski definition) is 1. The SMILES string of the molecule is CCCCCCNC(=O)[C@H]1CS[C@@H](CC)N1C(=O)C=C(C)C. The molecule has 0 aromatic heterocycles. The number of nitrogens with zero attached hydrogens (tertiary/aromatic N) is 1. The molecule has 2 atom stereocenters. The van der Waals surface area contributed by atoms with Gasteiger partial charge in [0, 0.05) is 18.4 Å². The van der Waals surface area contributed by atoms with Gasteiger partial charge in [0.25, 0.3) is 0 Å². The topological polar surface area (TPSA) is 49.4 Å². The average molecular weight is 327 g/mol. The Morgan fingerprint density at radius 1 is 1.23 bits per heavy atom. The number of unbranched alkanes of at least 4 members (excludes halogenated alkanes) is 3. The molecule has 0 aromatic carbocycles. The number of nitrogens with one attached hydrogen (secondary N) is 1. The number of rotatable bonds is 8. The van der Waals surface area contributed by atoms with Gasteiger partial charge < -0.3 is 10.2 Å². The third-order valence-electron chi connectivity index (χ3n) is 3.74. The van der Waals surface area contributed by atoms with E-state index in [-0.39, 0.29) is 23.2 Å². The zero-order chi connectivity index (χ0) is 16.5. The van der Waals surface area contributed by atoms with Gasteiger partial charge in [-0.15, -0.1) is 11.8 Å². The molecule has 2 amide bonds. The van der Waals surface area contributed by atoms with Crippen LogP contribution < -0.4 is 5.32 Å². The van der Waals surface area contributed by atoms with Crippen LogP contribution in [0.5, 0.6) is 0 Å². The van der Waals surface area contributed by atoms with Crippen LogP contribution in [-0.2, 0) is 9.59 Å². The number of carbonyl (C=O) groups is 2. The van der Waals surface area contributed by atoms with Gasteiger partial charge in [-0.05, 0) is 26.7 Å². The maximum atomic E-state index is 12.4. The van der Waals surface area contributed by atoms with Crippen LogP contribution in [-0.4, -0.2) is 40.4 Å². The first-order valence-corrected chi connectivity index (χ1v) is 9.42. The fourth-order valence-electron chi connectivity index (χ4n) is 2.58. The fraction of sp³-hybridized carbons (Fsp3) is 0.765. The Morgan fingerprint density at radius 3 is 2.55 bits per heavy atom. The minimum absolute atomic E-state index is 0.00421. The van der Waals surface area contributed by atoms with Crippen molar-refractivity contribution in [2.24, 2.45) is 0 Å². The second-order valence-corrected chi connectivity index (χ2v) is 7.24. The zero-order valence-electron chi connectivity index (χ0n) is 14.4. The van der Waals surface area contributed by atoms with Crippen molar-refractivity contribution in [2.75, 3.05) is 12.3 Å². The van der Waals surface area contributed by atoms with Crippen molar-refractivity contribution in [1.29, 1.82) is 0 Å². The van der Waals surface area contributed by atoms with E-state index in [2.05, 4.69) is 19.2 Å². The second-order valence-electron chi connectivity index (χ2n) is 6.03. The van der Waals surface area contributed by atoms with E-state index in [9.17, 15) is 9.59 Å². The van der Waals surface area contributed by atoms with E-state index in [4.69, 9.17) is 0 Å². The van der Waals surface area contributed by atoms with Gasteiger partial charge in [0.05, 0.1) is 5.37 Å². The van der Waals surface area contributed by atoms with Crippen LogP contribution in [0.2, 0.25) is 0 Å². The normalized spacial score (nSPS) is 20.8. The smallest absolute Gasteiger partial charge is 0.248 e. The summed E-state index contributed by atoms with van der Waals surface area (Å²) < 4.78 is 0. The molecule has 1 saturated heterocycles. The minimum Gasteiger partial charge on any atom is -0.354 e. The number of hydrogen-bond acceptors (Lipinski definition) is 3. The highest BCUT2D eigenvalue weighted by Gasteiger charge is 2.39. The zero-order valence-corrected chi connectivity index (χ0v) is 15.2. The van der Waals surface area contributed by atoms with Crippen LogP contribution in [0.1, 0.15) is 59.8 Å². The summed E-state index contributed by atoms with van der Waals surface area (Å²) in [5, 5.41) is 3.11. The van der Waals surface area contributed by atoms with Crippen molar-refractivity contribution in [3.8, 4) is 0 Å². The second kappa shape index (κ2) is 9.93. The van der Waals surface area contributed by atoms with Gasteiger partial charge in [-0.1, -0.05) is 38.7 Å². The lowest BCUT2D eigenvalue weighted by Crippen LogP contribution is -2.49. The number of amides is 2. The molecule has 1 aliphatic heterocycles. The Hall–Kier alpha value is -0.970. The number of thioether (sulfide) groups is 1. The molecule has 126 valence electrons. The molecule has 1 aliphatic rings. The van der Waals surface area contributed by atoms with E-state index in [1.54, 1.807) is 22.7 Å². The van der Waals surface area contributed by atoms with Crippen LogP contribution in [0.4, 0.5) is 0 Å². The molecule has 0 unspecified atom stereocenters. The van der Waals surface area contributed by atoms with Gasteiger partial charge in [0.1, 0.15) is 6.04 Å². The lowest BCUT2D eigenvalue weighted by atomic mass is 10.2. The van der Waals surface area contributed by atoms with Crippen LogP contribution in [0.15, 0.2) is 11.6 Å². The van der Waals surface area contributed by atoms with E-state index in [0.717, 1.165) is 24.8 Å². The van der Waals surface area contributed by atoms with E-state index in [1.807, 2.05) is 13.8 Å². The predicted octanol–water partition coefficient (Wildman–Crippen LogP) is 3.33. The molecule has 1 rings (SSSR count). The molecule has 0 spiro atoms. The Balaban J connectivity index is 2.60. The predicted molar refractivity (Wildman–Crippen MR) is 93.8 cm³/mol. The van der Waals surface area contributed by atoms with Crippen molar-refractivity contribution in [3.63, 3.8) is 0 Å². The minimum atomic E-state index is -0.329. The van der Waals surface area contributed by atoms with Crippen molar-refractivity contribution in [3.05, 3.63) is 11.6 Å². The first-order valence-electron chi connectivity index (χ1n) is 8.37. The van der Waals surface area contributed by atoms with Crippen molar-refractivity contribution in [2.45, 2.75) is 71.2 Å². The summed E-state index contributed by atoms with van der Waals surface area (Å²) in [4.78, 5) is 26.6. The van der Waals surface area contributed by atoms with Crippen LogP contribution in [0.25, 0.3) is 0 Å². The molecule has 0 aliphatic carbocycles. The molecule has 1 N–H and O–H groups in total. The summed E-state index contributed by atoms with van der Waals surface area (Å²) in [6.07, 6.45) is 7.06. The van der Waals surface area contributed by atoms with Crippen LogP contribution >= 0.6 is 11.8 Å². The molecule has 0 bridgehead atoms. The van der Waals surface area contributed by atoms with Crippen LogP contribution in [0.3, 0.4) is 0 Å². The van der Waals surface area contributed by atoms with E-state index in [0.29, 0.717) is 12.3 Å². The molecule has 1 fully saturated rings. The van der Waals surface area contributed by atoms with Gasteiger partial charge in [-0.25, -0.2) is 0 Å². The summed E-state index contributed by atoms with van der Waals surface area (Å²) in [6, 6.07) is -0.329. The molecule has 0 radical (unpaired) electrons. The first kappa shape index (κ1) is 19.1. The van der Waals surface area contributed by atoms with Crippen molar-refractivity contribution < 1.29 is 9.59 Å². The van der Waals surface area contributed by atoms with Gasteiger partial charge in [0.15, 0.2) is 0 Å². The summed E-state index contributed by atoms with van der Waals surface area (Å²) in [7, 11) is 0. The standard InChI is InChI=1S/C17H30N2O2S/c1-5-7-8-9-10-18-17(21)14-12-22-16(6-2)19(14)15(20)11-13(3)4/h11,14,16H,5-10,12H2,1-4H3,(H,18,21)/t14-,16+/m1/s1. The summed E-state index contributed by atoms with van der Waals surface area (Å²) in [5.74, 6) is 0.653. The van der Waals surface area contributed by atoms with E-state index >= 15 is 0 Å². The highest BCUT2D eigenvalue weighted by atomic mass is 32.2. The monoisotopic (exact) mass is 326 g/mol. The highest BCUT2D eigenvalue weighted by Crippen LogP contribution is 2.31. The van der Waals surface area contributed by atoms with E-state index < -0.39 is 0 Å². The van der Waals surface area contributed by atoms with E-state index in [1.165, 1.54) is 12.8 Å². The van der Waals surface area contributed by atoms with Gasteiger partial charge >= 0.3 is 0 Å². The summed E-state index contributed by atoms with van der Waals surface area (Å²) in [5.41, 5.74) is 0.968.